The fourth-order valence-corrected chi connectivity index (χ4v) is 2.42. The predicted octanol–water partition coefficient (Wildman–Crippen LogP) is 1.90. The van der Waals surface area contributed by atoms with Gasteiger partial charge in [-0.2, -0.15) is 0 Å². The molecule has 0 aromatic rings. The summed E-state index contributed by atoms with van der Waals surface area (Å²) in [5.41, 5.74) is -0.613. The second-order valence-electron chi connectivity index (χ2n) is 6.09. The van der Waals surface area contributed by atoms with Crippen molar-refractivity contribution in [2.24, 2.45) is 5.41 Å². The lowest BCUT2D eigenvalue weighted by atomic mass is 9.89. The first kappa shape index (κ1) is 15.4. The highest BCUT2D eigenvalue weighted by Gasteiger charge is 2.28. The number of carbonyl (C=O) groups is 1. The van der Waals surface area contributed by atoms with Gasteiger partial charge in [-0.1, -0.05) is 6.92 Å². The van der Waals surface area contributed by atoms with Crippen molar-refractivity contribution < 1.29 is 9.90 Å². The average molecular weight is 256 g/mol. The van der Waals surface area contributed by atoms with Crippen LogP contribution in [0.4, 0.5) is 0 Å². The zero-order chi connectivity index (χ0) is 13.8. The molecule has 0 unspecified atom stereocenters. The van der Waals surface area contributed by atoms with Crippen molar-refractivity contribution in [3.63, 3.8) is 0 Å². The minimum Gasteiger partial charge on any atom is -0.481 e. The van der Waals surface area contributed by atoms with E-state index in [4.69, 9.17) is 5.11 Å². The van der Waals surface area contributed by atoms with Crippen LogP contribution in [-0.4, -0.2) is 60.1 Å². The Bertz CT molecular complexity index is 271. The standard InChI is InChI=1S/C14H28N2O2/c1-5-16-9-6-12(7-10-16)15(4)11-8-14(2,3)13(17)18/h12H,5-11H2,1-4H3,(H,17,18). The molecule has 1 heterocycles. The number of piperidine rings is 1. The molecule has 106 valence electrons. The van der Waals surface area contributed by atoms with Crippen LogP contribution in [0, 0.1) is 5.41 Å². The molecular weight excluding hydrogens is 228 g/mol. The molecule has 18 heavy (non-hydrogen) atoms. The molecule has 0 bridgehead atoms. The van der Waals surface area contributed by atoms with Crippen molar-refractivity contribution in [2.45, 2.75) is 46.1 Å². The van der Waals surface area contributed by atoms with Crippen LogP contribution in [0.25, 0.3) is 0 Å². The van der Waals surface area contributed by atoms with E-state index in [1.54, 1.807) is 0 Å². The average Bonchev–Trinajstić information content (AvgIpc) is 2.36. The summed E-state index contributed by atoms with van der Waals surface area (Å²) in [7, 11) is 2.13. The number of carboxylic acid groups (broad SMARTS) is 1. The fraction of sp³-hybridized carbons (Fsp3) is 0.929. The van der Waals surface area contributed by atoms with Crippen LogP contribution in [-0.2, 0) is 4.79 Å². The van der Waals surface area contributed by atoms with Gasteiger partial charge in [0.1, 0.15) is 0 Å². The molecule has 0 amide bonds. The van der Waals surface area contributed by atoms with Crippen LogP contribution in [0.1, 0.15) is 40.0 Å². The monoisotopic (exact) mass is 256 g/mol. The van der Waals surface area contributed by atoms with Crippen molar-refractivity contribution in [3.8, 4) is 0 Å². The maximum Gasteiger partial charge on any atom is 0.309 e. The van der Waals surface area contributed by atoms with Crippen LogP contribution in [0.2, 0.25) is 0 Å². The van der Waals surface area contributed by atoms with E-state index in [2.05, 4.69) is 23.8 Å². The van der Waals surface area contributed by atoms with E-state index in [9.17, 15) is 4.79 Å². The molecule has 1 aliphatic heterocycles. The topological polar surface area (TPSA) is 43.8 Å². The molecule has 1 aliphatic rings. The molecule has 0 aromatic carbocycles. The van der Waals surface area contributed by atoms with Crippen LogP contribution >= 0.6 is 0 Å². The Labute approximate surface area is 111 Å². The van der Waals surface area contributed by atoms with Gasteiger partial charge in [-0.25, -0.2) is 0 Å². The Morgan fingerprint density at radius 2 is 1.94 bits per heavy atom. The SMILES string of the molecule is CCN1CCC(N(C)CCC(C)(C)C(=O)O)CC1. The zero-order valence-corrected chi connectivity index (χ0v) is 12.3. The molecule has 4 nitrogen and oxygen atoms in total. The maximum absolute atomic E-state index is 11.1. The maximum atomic E-state index is 11.1. The third kappa shape index (κ3) is 4.25. The van der Waals surface area contributed by atoms with E-state index >= 15 is 0 Å². The van der Waals surface area contributed by atoms with Crippen LogP contribution < -0.4 is 0 Å². The Morgan fingerprint density at radius 3 is 2.39 bits per heavy atom. The fourth-order valence-electron chi connectivity index (χ4n) is 2.42. The van der Waals surface area contributed by atoms with Gasteiger partial charge in [-0.15, -0.1) is 0 Å². The van der Waals surface area contributed by atoms with E-state index in [0.717, 1.165) is 13.1 Å². The molecule has 0 aromatic heterocycles. The molecule has 0 aliphatic carbocycles. The van der Waals surface area contributed by atoms with Gasteiger partial charge >= 0.3 is 5.97 Å². The van der Waals surface area contributed by atoms with Gasteiger partial charge in [-0.05, 0) is 66.3 Å². The van der Waals surface area contributed by atoms with Crippen molar-refractivity contribution in [3.05, 3.63) is 0 Å². The second-order valence-corrected chi connectivity index (χ2v) is 6.09. The first-order chi connectivity index (χ1) is 8.36. The Balaban J connectivity index is 2.33. The van der Waals surface area contributed by atoms with Gasteiger partial charge < -0.3 is 14.9 Å². The predicted molar refractivity (Wildman–Crippen MR) is 73.8 cm³/mol. The zero-order valence-electron chi connectivity index (χ0n) is 12.3. The summed E-state index contributed by atoms with van der Waals surface area (Å²) >= 11 is 0. The lowest BCUT2D eigenvalue weighted by Gasteiger charge is -2.37. The molecule has 0 atom stereocenters. The van der Waals surface area contributed by atoms with E-state index < -0.39 is 11.4 Å². The molecule has 1 rings (SSSR count). The van der Waals surface area contributed by atoms with Gasteiger partial charge in [0.05, 0.1) is 5.41 Å². The third-order valence-corrected chi connectivity index (χ3v) is 4.30. The van der Waals surface area contributed by atoms with Gasteiger partial charge in [0.25, 0.3) is 0 Å². The first-order valence-corrected chi connectivity index (χ1v) is 7.03. The van der Waals surface area contributed by atoms with Crippen molar-refractivity contribution in [1.82, 2.24) is 9.80 Å². The van der Waals surface area contributed by atoms with Crippen LogP contribution in [0.15, 0.2) is 0 Å². The number of aliphatic carboxylic acids is 1. The molecule has 0 spiro atoms. The minimum absolute atomic E-state index is 0.613. The van der Waals surface area contributed by atoms with Crippen LogP contribution in [0.3, 0.4) is 0 Å². The van der Waals surface area contributed by atoms with Gasteiger partial charge in [-0.3, -0.25) is 4.79 Å². The number of hydrogen-bond donors (Lipinski definition) is 1. The number of hydrogen-bond acceptors (Lipinski definition) is 3. The van der Waals surface area contributed by atoms with Crippen molar-refractivity contribution in [2.75, 3.05) is 33.2 Å². The quantitative estimate of drug-likeness (QED) is 0.788. The summed E-state index contributed by atoms with van der Waals surface area (Å²) in [6, 6.07) is 0.623. The largest absolute Gasteiger partial charge is 0.481 e. The highest BCUT2D eigenvalue weighted by Crippen LogP contribution is 2.22. The van der Waals surface area contributed by atoms with Gasteiger partial charge in [0.2, 0.25) is 0 Å². The summed E-state index contributed by atoms with van der Waals surface area (Å²) in [6.07, 6.45) is 3.13. The van der Waals surface area contributed by atoms with E-state index in [1.807, 2.05) is 13.8 Å². The van der Waals surface area contributed by atoms with Crippen molar-refractivity contribution in [1.29, 1.82) is 0 Å². The molecule has 1 N–H and O–H groups in total. The lowest BCUT2D eigenvalue weighted by Crippen LogP contribution is -2.44. The first-order valence-electron chi connectivity index (χ1n) is 7.03. The van der Waals surface area contributed by atoms with Gasteiger partial charge in [0, 0.05) is 6.04 Å². The third-order valence-electron chi connectivity index (χ3n) is 4.30. The summed E-state index contributed by atoms with van der Waals surface area (Å²) in [4.78, 5) is 15.9. The molecule has 4 heteroatoms. The normalized spacial score (nSPS) is 19.4. The van der Waals surface area contributed by atoms with Crippen LogP contribution in [0.5, 0.6) is 0 Å². The summed E-state index contributed by atoms with van der Waals surface area (Å²) in [6.45, 7) is 10.2. The Morgan fingerprint density at radius 1 is 1.39 bits per heavy atom. The lowest BCUT2D eigenvalue weighted by molar-refractivity contribution is -0.147. The Kier molecular flexibility index (Phi) is 5.60. The molecular formula is C14H28N2O2. The van der Waals surface area contributed by atoms with Crippen molar-refractivity contribution >= 4 is 5.97 Å². The summed E-state index contributed by atoms with van der Waals surface area (Å²) < 4.78 is 0. The number of nitrogens with zero attached hydrogens (tertiary/aromatic N) is 2. The number of carboxylic acids is 1. The molecule has 1 saturated heterocycles. The number of rotatable bonds is 6. The summed E-state index contributed by atoms with van der Waals surface area (Å²) in [5, 5.41) is 9.11. The molecule has 0 radical (unpaired) electrons. The molecule has 1 fully saturated rings. The van der Waals surface area contributed by atoms with Gasteiger partial charge in [0.15, 0.2) is 0 Å². The molecule has 0 saturated carbocycles. The highest BCUT2D eigenvalue weighted by atomic mass is 16.4. The second kappa shape index (κ2) is 6.53. The smallest absolute Gasteiger partial charge is 0.309 e. The van der Waals surface area contributed by atoms with E-state index in [-0.39, 0.29) is 0 Å². The Hall–Kier alpha value is -0.610. The summed E-state index contributed by atoms with van der Waals surface area (Å²) in [5.74, 6) is -0.697. The van der Waals surface area contributed by atoms with E-state index in [0.29, 0.717) is 12.5 Å². The number of likely N-dealkylation sites (tertiary alicyclic amines) is 1. The highest BCUT2D eigenvalue weighted by molar-refractivity contribution is 5.73. The minimum atomic E-state index is -0.697. The van der Waals surface area contributed by atoms with E-state index in [1.165, 1.54) is 25.9 Å².